The summed E-state index contributed by atoms with van der Waals surface area (Å²) in [5.41, 5.74) is 1.96. The Bertz CT molecular complexity index is 1030. The molecule has 1 N–H and O–H groups in total. The molecule has 1 atom stereocenters. The summed E-state index contributed by atoms with van der Waals surface area (Å²) < 4.78 is 15.3. The third-order valence-corrected chi connectivity index (χ3v) is 4.60. The van der Waals surface area contributed by atoms with Gasteiger partial charge in [0.1, 0.15) is 12.4 Å². The zero-order chi connectivity index (χ0) is 17.4. The van der Waals surface area contributed by atoms with E-state index in [-0.39, 0.29) is 29.7 Å². The Labute approximate surface area is 143 Å². The molecule has 0 aliphatic heterocycles. The first kappa shape index (κ1) is 15.5. The number of rotatable bonds is 3. The summed E-state index contributed by atoms with van der Waals surface area (Å²) in [7, 11) is 0. The van der Waals surface area contributed by atoms with Crippen molar-refractivity contribution in [3.05, 3.63) is 75.8 Å². The molecule has 25 heavy (non-hydrogen) atoms. The molecular formula is C19H16FN3O2. The molecule has 0 bridgehead atoms. The van der Waals surface area contributed by atoms with Crippen LogP contribution in [0.3, 0.4) is 0 Å². The number of carbonyl (C=O) groups is 1. The highest BCUT2D eigenvalue weighted by Gasteiger charge is 2.26. The SMILES string of the molecule is O=C(Cn1ncc(=O)c2ccccc21)N[C@@H]1CCc2c(F)cccc21. The monoisotopic (exact) mass is 337 g/mol. The first-order valence-corrected chi connectivity index (χ1v) is 8.15. The molecule has 1 aliphatic rings. The van der Waals surface area contributed by atoms with E-state index in [2.05, 4.69) is 10.4 Å². The maximum Gasteiger partial charge on any atom is 0.242 e. The van der Waals surface area contributed by atoms with Crippen LogP contribution in [0.4, 0.5) is 4.39 Å². The fraction of sp³-hybridized carbons (Fsp3) is 0.211. The molecular weight excluding hydrogens is 321 g/mol. The number of nitrogens with zero attached hydrogens (tertiary/aromatic N) is 2. The van der Waals surface area contributed by atoms with Gasteiger partial charge in [-0.15, -0.1) is 0 Å². The average molecular weight is 337 g/mol. The van der Waals surface area contributed by atoms with E-state index in [1.807, 2.05) is 6.07 Å². The van der Waals surface area contributed by atoms with Gasteiger partial charge in [0.05, 0.1) is 17.8 Å². The summed E-state index contributed by atoms with van der Waals surface area (Å²) in [6.45, 7) is 0.00193. The van der Waals surface area contributed by atoms with E-state index in [9.17, 15) is 14.0 Å². The predicted molar refractivity (Wildman–Crippen MR) is 91.6 cm³/mol. The number of nitrogens with one attached hydrogen (secondary N) is 1. The Hall–Kier alpha value is -3.02. The largest absolute Gasteiger partial charge is 0.348 e. The minimum Gasteiger partial charge on any atom is -0.348 e. The van der Waals surface area contributed by atoms with E-state index < -0.39 is 0 Å². The smallest absolute Gasteiger partial charge is 0.242 e. The van der Waals surface area contributed by atoms with Crippen LogP contribution in [0, 0.1) is 5.82 Å². The second-order valence-electron chi connectivity index (χ2n) is 6.15. The summed E-state index contributed by atoms with van der Waals surface area (Å²) in [4.78, 5) is 24.3. The molecule has 0 saturated heterocycles. The standard InChI is InChI=1S/C19H16FN3O2/c20-15-6-3-5-13-12(15)8-9-16(13)22-19(25)11-23-17-7-2-1-4-14(17)18(24)10-21-23/h1-7,10,16H,8-9,11H2,(H,22,25)/t16-/m1/s1. The highest BCUT2D eigenvalue weighted by atomic mass is 19.1. The van der Waals surface area contributed by atoms with Gasteiger partial charge in [-0.2, -0.15) is 5.10 Å². The summed E-state index contributed by atoms with van der Waals surface area (Å²) in [5.74, 6) is -0.439. The number of amides is 1. The van der Waals surface area contributed by atoms with Crippen molar-refractivity contribution in [2.24, 2.45) is 0 Å². The van der Waals surface area contributed by atoms with Crippen LogP contribution in [0.5, 0.6) is 0 Å². The molecule has 1 aliphatic carbocycles. The van der Waals surface area contributed by atoms with Crippen molar-refractivity contribution in [2.75, 3.05) is 0 Å². The fourth-order valence-corrected chi connectivity index (χ4v) is 3.42. The zero-order valence-electron chi connectivity index (χ0n) is 13.4. The van der Waals surface area contributed by atoms with Gasteiger partial charge in [-0.3, -0.25) is 14.3 Å². The summed E-state index contributed by atoms with van der Waals surface area (Å²) in [5, 5.41) is 7.53. The maximum atomic E-state index is 13.8. The van der Waals surface area contributed by atoms with E-state index in [4.69, 9.17) is 0 Å². The lowest BCUT2D eigenvalue weighted by Crippen LogP contribution is -2.31. The van der Waals surface area contributed by atoms with E-state index in [0.29, 0.717) is 29.3 Å². The van der Waals surface area contributed by atoms with Crippen LogP contribution in [-0.2, 0) is 17.8 Å². The molecule has 6 heteroatoms. The minimum absolute atomic E-state index is 0.00193. The molecule has 4 rings (SSSR count). The van der Waals surface area contributed by atoms with Crippen molar-refractivity contribution in [2.45, 2.75) is 25.4 Å². The summed E-state index contributed by atoms with van der Waals surface area (Å²) >= 11 is 0. The Morgan fingerprint density at radius 1 is 1.24 bits per heavy atom. The normalized spacial score (nSPS) is 16.0. The number of carbonyl (C=O) groups excluding carboxylic acids is 1. The van der Waals surface area contributed by atoms with Gasteiger partial charge in [-0.25, -0.2) is 4.39 Å². The van der Waals surface area contributed by atoms with Gasteiger partial charge in [-0.05, 0) is 42.2 Å². The van der Waals surface area contributed by atoms with Crippen molar-refractivity contribution >= 4 is 16.8 Å². The van der Waals surface area contributed by atoms with Gasteiger partial charge in [0.2, 0.25) is 11.3 Å². The summed E-state index contributed by atoms with van der Waals surface area (Å²) in [6.07, 6.45) is 2.52. The third kappa shape index (κ3) is 2.80. The minimum atomic E-state index is -0.220. The fourth-order valence-electron chi connectivity index (χ4n) is 3.42. The lowest BCUT2D eigenvalue weighted by atomic mass is 10.1. The Morgan fingerprint density at radius 3 is 2.96 bits per heavy atom. The van der Waals surface area contributed by atoms with Crippen LogP contribution >= 0.6 is 0 Å². The molecule has 2 aromatic carbocycles. The molecule has 1 amide bonds. The summed E-state index contributed by atoms with van der Waals surface area (Å²) in [6, 6.07) is 11.8. The molecule has 5 nitrogen and oxygen atoms in total. The zero-order valence-corrected chi connectivity index (χ0v) is 13.4. The van der Waals surface area contributed by atoms with Gasteiger partial charge in [-0.1, -0.05) is 24.3 Å². The van der Waals surface area contributed by atoms with Crippen LogP contribution in [0.15, 0.2) is 53.5 Å². The molecule has 1 heterocycles. The molecule has 0 fully saturated rings. The average Bonchev–Trinajstić information content (AvgIpc) is 3.02. The maximum absolute atomic E-state index is 13.8. The second kappa shape index (κ2) is 6.12. The third-order valence-electron chi connectivity index (χ3n) is 4.60. The van der Waals surface area contributed by atoms with E-state index in [1.54, 1.807) is 30.3 Å². The molecule has 0 spiro atoms. The Kier molecular flexibility index (Phi) is 3.80. The Balaban J connectivity index is 1.56. The number of para-hydroxylation sites is 1. The quantitative estimate of drug-likeness (QED) is 0.798. The number of benzene rings is 2. The van der Waals surface area contributed by atoms with Crippen molar-refractivity contribution in [1.82, 2.24) is 15.1 Å². The van der Waals surface area contributed by atoms with E-state index >= 15 is 0 Å². The van der Waals surface area contributed by atoms with Gasteiger partial charge in [0.25, 0.3) is 0 Å². The molecule has 3 aromatic rings. The van der Waals surface area contributed by atoms with Gasteiger partial charge in [0, 0.05) is 5.39 Å². The van der Waals surface area contributed by atoms with Crippen LogP contribution in [-0.4, -0.2) is 15.7 Å². The number of hydrogen-bond acceptors (Lipinski definition) is 3. The number of halogens is 1. The van der Waals surface area contributed by atoms with Crippen LogP contribution in [0.25, 0.3) is 10.9 Å². The van der Waals surface area contributed by atoms with Gasteiger partial charge < -0.3 is 5.32 Å². The van der Waals surface area contributed by atoms with Crippen LogP contribution < -0.4 is 10.7 Å². The highest BCUT2D eigenvalue weighted by Crippen LogP contribution is 2.32. The lowest BCUT2D eigenvalue weighted by molar-refractivity contribution is -0.122. The number of hydrogen-bond donors (Lipinski definition) is 1. The van der Waals surface area contributed by atoms with Crippen molar-refractivity contribution in [1.29, 1.82) is 0 Å². The molecule has 0 radical (unpaired) electrons. The highest BCUT2D eigenvalue weighted by molar-refractivity contribution is 5.81. The van der Waals surface area contributed by atoms with Gasteiger partial charge >= 0.3 is 0 Å². The van der Waals surface area contributed by atoms with Gasteiger partial charge in [0.15, 0.2) is 0 Å². The molecule has 0 saturated carbocycles. The number of fused-ring (bicyclic) bond motifs is 2. The Morgan fingerprint density at radius 2 is 2.08 bits per heavy atom. The van der Waals surface area contributed by atoms with Crippen LogP contribution in [0.1, 0.15) is 23.6 Å². The van der Waals surface area contributed by atoms with Crippen molar-refractivity contribution < 1.29 is 9.18 Å². The van der Waals surface area contributed by atoms with E-state index in [0.717, 1.165) is 5.56 Å². The number of aromatic nitrogens is 2. The predicted octanol–water partition coefficient (Wildman–Crippen LogP) is 2.34. The lowest BCUT2D eigenvalue weighted by Gasteiger charge is -2.15. The first-order valence-electron chi connectivity index (χ1n) is 8.15. The second-order valence-corrected chi connectivity index (χ2v) is 6.15. The first-order chi connectivity index (χ1) is 12.1. The van der Waals surface area contributed by atoms with Crippen molar-refractivity contribution in [3.8, 4) is 0 Å². The van der Waals surface area contributed by atoms with Crippen LogP contribution in [0.2, 0.25) is 0 Å². The topological polar surface area (TPSA) is 64.0 Å². The van der Waals surface area contributed by atoms with Crippen molar-refractivity contribution in [3.63, 3.8) is 0 Å². The molecule has 0 unspecified atom stereocenters. The molecule has 1 aromatic heterocycles. The molecule has 126 valence electrons. The van der Waals surface area contributed by atoms with E-state index in [1.165, 1.54) is 16.9 Å².